The Morgan fingerprint density at radius 2 is 1.82 bits per heavy atom. The number of amides is 2. The molecule has 2 rings (SSSR count). The molecule has 0 atom stereocenters. The maximum Gasteiger partial charge on any atom is 0.246 e. The quantitative estimate of drug-likeness (QED) is 0.648. The third kappa shape index (κ3) is 5.64. The Hall–Kier alpha value is -2.21. The predicted octanol–water partition coefficient (Wildman–Crippen LogP) is 3.48. The van der Waals surface area contributed by atoms with Crippen molar-refractivity contribution >= 4 is 29.5 Å². The van der Waals surface area contributed by atoms with Gasteiger partial charge >= 0.3 is 0 Å². The maximum atomic E-state index is 12.5. The van der Waals surface area contributed by atoms with Crippen LogP contribution in [0.15, 0.2) is 18.2 Å². The Labute approximate surface area is 172 Å². The van der Waals surface area contributed by atoms with Crippen LogP contribution in [0.1, 0.15) is 32.8 Å². The van der Waals surface area contributed by atoms with E-state index in [1.165, 1.54) is 6.08 Å². The van der Waals surface area contributed by atoms with Crippen molar-refractivity contribution in [3.05, 3.63) is 28.8 Å². The van der Waals surface area contributed by atoms with Crippen molar-refractivity contribution in [3.63, 3.8) is 0 Å². The summed E-state index contributed by atoms with van der Waals surface area (Å²) in [6.45, 7) is 8.56. The van der Waals surface area contributed by atoms with E-state index in [1.54, 1.807) is 30.2 Å². The number of carbonyl (C=O) groups excluding carboxylic acids is 2. The van der Waals surface area contributed by atoms with Gasteiger partial charge in [0.1, 0.15) is 0 Å². The molecule has 154 valence electrons. The molecule has 1 aromatic rings. The highest BCUT2D eigenvalue weighted by Gasteiger charge is 2.24. The number of halogens is 1. The molecule has 0 saturated carbocycles. The average molecular weight is 409 g/mol. The van der Waals surface area contributed by atoms with Crippen LogP contribution in [0, 0.1) is 5.92 Å². The lowest BCUT2D eigenvalue weighted by Crippen LogP contribution is -2.51. The molecule has 0 aromatic heterocycles. The fraction of sp³-hybridized carbons (Fsp3) is 0.524. The van der Waals surface area contributed by atoms with Gasteiger partial charge in [0.15, 0.2) is 11.5 Å². The second-order valence-electron chi connectivity index (χ2n) is 7.02. The molecule has 0 spiro atoms. The number of hydrogen-bond acceptors (Lipinski definition) is 4. The zero-order chi connectivity index (χ0) is 20.7. The first kappa shape index (κ1) is 22.1. The monoisotopic (exact) mass is 408 g/mol. The van der Waals surface area contributed by atoms with E-state index in [0.29, 0.717) is 49.3 Å². The van der Waals surface area contributed by atoms with E-state index < -0.39 is 0 Å². The summed E-state index contributed by atoms with van der Waals surface area (Å²) in [5.41, 5.74) is 0.757. The molecule has 7 heteroatoms. The second kappa shape index (κ2) is 10.4. The van der Waals surface area contributed by atoms with Crippen LogP contribution in [-0.2, 0) is 9.59 Å². The molecule has 0 aliphatic carbocycles. The van der Waals surface area contributed by atoms with E-state index in [1.807, 2.05) is 25.7 Å². The number of carbonyl (C=O) groups is 2. The summed E-state index contributed by atoms with van der Waals surface area (Å²) in [4.78, 5) is 28.1. The summed E-state index contributed by atoms with van der Waals surface area (Å²) < 4.78 is 11.0. The molecule has 1 saturated heterocycles. The highest BCUT2D eigenvalue weighted by molar-refractivity contribution is 6.32. The molecule has 1 aliphatic heterocycles. The van der Waals surface area contributed by atoms with Gasteiger partial charge in [-0.1, -0.05) is 32.4 Å². The molecule has 6 nitrogen and oxygen atoms in total. The van der Waals surface area contributed by atoms with Gasteiger partial charge in [0.25, 0.3) is 0 Å². The van der Waals surface area contributed by atoms with Crippen molar-refractivity contribution in [1.82, 2.24) is 9.80 Å². The molecular weight excluding hydrogens is 380 g/mol. The summed E-state index contributed by atoms with van der Waals surface area (Å²) in [7, 11) is 1.56. The van der Waals surface area contributed by atoms with Crippen LogP contribution in [0.3, 0.4) is 0 Å². The third-order valence-electron chi connectivity index (χ3n) is 4.52. The number of methoxy groups -OCH3 is 1. The number of hydrogen-bond donors (Lipinski definition) is 0. The van der Waals surface area contributed by atoms with Gasteiger partial charge in [-0.25, -0.2) is 0 Å². The number of rotatable bonds is 7. The molecule has 0 radical (unpaired) electrons. The molecule has 2 amide bonds. The minimum absolute atomic E-state index is 0.0221. The number of piperazine rings is 1. The smallest absolute Gasteiger partial charge is 0.246 e. The molecule has 1 fully saturated rings. The Kier molecular flexibility index (Phi) is 8.18. The van der Waals surface area contributed by atoms with E-state index in [9.17, 15) is 9.59 Å². The van der Waals surface area contributed by atoms with Crippen LogP contribution in [-0.4, -0.2) is 61.5 Å². The molecule has 0 bridgehead atoms. The van der Waals surface area contributed by atoms with Gasteiger partial charge in [-0.15, -0.1) is 0 Å². The van der Waals surface area contributed by atoms with Crippen molar-refractivity contribution in [2.45, 2.75) is 27.2 Å². The van der Waals surface area contributed by atoms with E-state index >= 15 is 0 Å². The normalized spacial score (nSPS) is 14.6. The van der Waals surface area contributed by atoms with Crippen LogP contribution >= 0.6 is 11.6 Å². The van der Waals surface area contributed by atoms with Crippen LogP contribution < -0.4 is 9.47 Å². The SMILES string of the molecule is CCCOc1c(Cl)cc(/C=C/C(=O)N2CCN(C(=O)C(C)C)CC2)cc1OC. The van der Waals surface area contributed by atoms with Crippen LogP contribution in [0.5, 0.6) is 11.5 Å². The summed E-state index contributed by atoms with van der Waals surface area (Å²) in [5.74, 6) is 1.08. The van der Waals surface area contributed by atoms with Gasteiger partial charge < -0.3 is 19.3 Å². The van der Waals surface area contributed by atoms with E-state index in [2.05, 4.69) is 0 Å². The summed E-state index contributed by atoms with van der Waals surface area (Å²) in [6.07, 6.45) is 4.11. The highest BCUT2D eigenvalue weighted by atomic mass is 35.5. The first-order valence-electron chi connectivity index (χ1n) is 9.63. The molecule has 0 unspecified atom stereocenters. The highest BCUT2D eigenvalue weighted by Crippen LogP contribution is 2.36. The Morgan fingerprint density at radius 1 is 1.18 bits per heavy atom. The molecule has 0 N–H and O–H groups in total. The van der Waals surface area contributed by atoms with Gasteiger partial charge in [0.2, 0.25) is 11.8 Å². The molecule has 28 heavy (non-hydrogen) atoms. The lowest BCUT2D eigenvalue weighted by atomic mass is 10.1. The van der Waals surface area contributed by atoms with Crippen molar-refractivity contribution in [1.29, 1.82) is 0 Å². The molecule has 1 aliphatic rings. The van der Waals surface area contributed by atoms with Crippen LogP contribution in [0.25, 0.3) is 6.08 Å². The first-order valence-corrected chi connectivity index (χ1v) is 10.0. The Balaban J connectivity index is 2.01. The Morgan fingerprint density at radius 3 is 2.39 bits per heavy atom. The Bertz CT molecular complexity index is 725. The fourth-order valence-electron chi connectivity index (χ4n) is 2.97. The number of ether oxygens (including phenoxy) is 2. The summed E-state index contributed by atoms with van der Waals surface area (Å²) in [5, 5.41) is 0.445. The predicted molar refractivity (Wildman–Crippen MR) is 111 cm³/mol. The van der Waals surface area contributed by atoms with Crippen molar-refractivity contribution < 1.29 is 19.1 Å². The van der Waals surface area contributed by atoms with Gasteiger partial charge in [0.05, 0.1) is 18.7 Å². The average Bonchev–Trinajstić information content (AvgIpc) is 2.70. The van der Waals surface area contributed by atoms with Crippen molar-refractivity contribution in [2.75, 3.05) is 39.9 Å². The van der Waals surface area contributed by atoms with E-state index in [4.69, 9.17) is 21.1 Å². The van der Waals surface area contributed by atoms with Gasteiger partial charge in [-0.3, -0.25) is 9.59 Å². The number of benzene rings is 1. The van der Waals surface area contributed by atoms with Gasteiger partial charge in [-0.05, 0) is 30.2 Å². The van der Waals surface area contributed by atoms with E-state index in [0.717, 1.165) is 12.0 Å². The number of nitrogens with zero attached hydrogens (tertiary/aromatic N) is 2. The molecular formula is C21H29ClN2O4. The lowest BCUT2D eigenvalue weighted by molar-refractivity contribution is -0.139. The van der Waals surface area contributed by atoms with E-state index in [-0.39, 0.29) is 17.7 Å². The topological polar surface area (TPSA) is 59.1 Å². The van der Waals surface area contributed by atoms with Gasteiger partial charge in [-0.2, -0.15) is 0 Å². The van der Waals surface area contributed by atoms with Crippen molar-refractivity contribution in [3.8, 4) is 11.5 Å². The van der Waals surface area contributed by atoms with Crippen LogP contribution in [0.2, 0.25) is 5.02 Å². The van der Waals surface area contributed by atoms with Gasteiger partial charge in [0, 0.05) is 38.2 Å². The lowest BCUT2D eigenvalue weighted by Gasteiger charge is -2.35. The summed E-state index contributed by atoms with van der Waals surface area (Å²) >= 11 is 6.31. The zero-order valence-corrected chi connectivity index (χ0v) is 17.8. The molecule has 1 aromatic carbocycles. The fourth-order valence-corrected chi connectivity index (χ4v) is 3.24. The minimum atomic E-state index is -0.0851. The zero-order valence-electron chi connectivity index (χ0n) is 17.0. The maximum absolute atomic E-state index is 12.5. The summed E-state index contributed by atoms with van der Waals surface area (Å²) in [6, 6.07) is 3.54. The first-order chi connectivity index (χ1) is 13.4. The standard InChI is InChI=1S/C21H29ClN2O4/c1-5-12-28-20-17(22)13-16(14-18(20)27-4)6-7-19(25)23-8-10-24(11-9-23)21(26)15(2)3/h6-7,13-15H,5,8-12H2,1-4H3/b7-6+. The third-order valence-corrected chi connectivity index (χ3v) is 4.80. The molecule has 1 heterocycles. The second-order valence-corrected chi connectivity index (χ2v) is 7.43. The van der Waals surface area contributed by atoms with Crippen molar-refractivity contribution in [2.24, 2.45) is 5.92 Å². The minimum Gasteiger partial charge on any atom is -0.493 e. The van der Waals surface area contributed by atoms with Crippen LogP contribution in [0.4, 0.5) is 0 Å². The largest absolute Gasteiger partial charge is 0.493 e.